The van der Waals surface area contributed by atoms with Crippen molar-refractivity contribution in [2.75, 3.05) is 0 Å². The first-order chi connectivity index (χ1) is 9.78. The number of halogens is 1. The SMILES string of the molecule is NCc1cc(F)cnc1Oc1cccc2cccnc12. The molecule has 0 aliphatic rings. The van der Waals surface area contributed by atoms with Gasteiger partial charge in [-0.05, 0) is 18.2 Å². The third kappa shape index (κ3) is 2.31. The highest BCUT2D eigenvalue weighted by Crippen LogP contribution is 2.29. The predicted molar refractivity (Wildman–Crippen MR) is 73.9 cm³/mol. The number of ether oxygens (including phenoxy) is 1. The second-order valence-corrected chi connectivity index (χ2v) is 4.26. The van der Waals surface area contributed by atoms with Crippen molar-refractivity contribution in [3.8, 4) is 11.6 Å². The molecule has 5 heteroatoms. The lowest BCUT2D eigenvalue weighted by molar-refractivity contribution is 0.456. The van der Waals surface area contributed by atoms with E-state index in [0.29, 0.717) is 17.2 Å². The monoisotopic (exact) mass is 269 g/mol. The summed E-state index contributed by atoms with van der Waals surface area (Å²) in [7, 11) is 0. The summed E-state index contributed by atoms with van der Waals surface area (Å²) in [5.74, 6) is 0.429. The van der Waals surface area contributed by atoms with Gasteiger partial charge in [-0.1, -0.05) is 18.2 Å². The first-order valence-corrected chi connectivity index (χ1v) is 6.14. The standard InChI is InChI=1S/C15H12FN3O/c16-12-7-11(8-17)15(19-9-12)20-13-5-1-3-10-4-2-6-18-14(10)13/h1-7,9H,8,17H2. The van der Waals surface area contributed by atoms with Crippen LogP contribution in [0, 0.1) is 5.82 Å². The van der Waals surface area contributed by atoms with Crippen molar-refractivity contribution >= 4 is 10.9 Å². The van der Waals surface area contributed by atoms with E-state index in [-0.39, 0.29) is 6.54 Å². The normalized spacial score (nSPS) is 10.7. The maximum Gasteiger partial charge on any atom is 0.224 e. The molecule has 0 aliphatic carbocycles. The maximum absolute atomic E-state index is 13.1. The summed E-state index contributed by atoms with van der Waals surface area (Å²) >= 11 is 0. The third-order valence-electron chi connectivity index (χ3n) is 2.91. The molecule has 0 atom stereocenters. The van der Waals surface area contributed by atoms with E-state index < -0.39 is 5.82 Å². The zero-order valence-corrected chi connectivity index (χ0v) is 10.6. The summed E-state index contributed by atoms with van der Waals surface area (Å²) < 4.78 is 18.9. The van der Waals surface area contributed by atoms with Crippen LogP contribution in [-0.4, -0.2) is 9.97 Å². The highest BCUT2D eigenvalue weighted by molar-refractivity contribution is 5.84. The van der Waals surface area contributed by atoms with E-state index in [1.807, 2.05) is 24.3 Å². The van der Waals surface area contributed by atoms with E-state index in [1.165, 1.54) is 6.07 Å². The second-order valence-electron chi connectivity index (χ2n) is 4.26. The first kappa shape index (κ1) is 12.5. The van der Waals surface area contributed by atoms with E-state index >= 15 is 0 Å². The zero-order valence-electron chi connectivity index (χ0n) is 10.6. The van der Waals surface area contributed by atoms with Crippen LogP contribution < -0.4 is 10.5 Å². The van der Waals surface area contributed by atoms with Crippen molar-refractivity contribution in [1.82, 2.24) is 9.97 Å². The number of aromatic nitrogens is 2. The Kier molecular flexibility index (Phi) is 3.26. The summed E-state index contributed by atoms with van der Waals surface area (Å²) in [5, 5.41) is 0.960. The Morgan fingerprint density at radius 1 is 1.15 bits per heavy atom. The van der Waals surface area contributed by atoms with Gasteiger partial charge in [-0.25, -0.2) is 9.37 Å². The fourth-order valence-electron chi connectivity index (χ4n) is 1.97. The number of nitrogens with two attached hydrogens (primary N) is 1. The summed E-state index contributed by atoms with van der Waals surface area (Å²) in [6.45, 7) is 0.151. The Hall–Kier alpha value is -2.53. The van der Waals surface area contributed by atoms with Gasteiger partial charge in [0.15, 0.2) is 5.75 Å². The Labute approximate surface area is 115 Å². The summed E-state index contributed by atoms with van der Waals surface area (Å²) in [6, 6.07) is 10.7. The fourth-order valence-corrected chi connectivity index (χ4v) is 1.97. The molecule has 0 aliphatic heterocycles. The zero-order chi connectivity index (χ0) is 13.9. The summed E-state index contributed by atoms with van der Waals surface area (Å²) in [4.78, 5) is 8.24. The molecule has 0 bridgehead atoms. The topological polar surface area (TPSA) is 61.0 Å². The number of hydrogen-bond donors (Lipinski definition) is 1. The molecule has 20 heavy (non-hydrogen) atoms. The van der Waals surface area contributed by atoms with Gasteiger partial charge >= 0.3 is 0 Å². The quantitative estimate of drug-likeness (QED) is 0.794. The molecule has 100 valence electrons. The van der Waals surface area contributed by atoms with Crippen molar-refractivity contribution in [3.63, 3.8) is 0 Å². The molecule has 3 rings (SSSR count). The number of fused-ring (bicyclic) bond motifs is 1. The second kappa shape index (κ2) is 5.22. The maximum atomic E-state index is 13.1. The van der Waals surface area contributed by atoms with Crippen LogP contribution in [0.5, 0.6) is 11.6 Å². The van der Waals surface area contributed by atoms with Crippen molar-refractivity contribution < 1.29 is 9.13 Å². The molecule has 0 fully saturated rings. The Balaban J connectivity index is 2.05. The molecule has 0 saturated heterocycles. The lowest BCUT2D eigenvalue weighted by atomic mass is 10.2. The minimum atomic E-state index is -0.436. The van der Waals surface area contributed by atoms with E-state index in [0.717, 1.165) is 17.1 Å². The minimum absolute atomic E-state index is 0.151. The van der Waals surface area contributed by atoms with Gasteiger partial charge in [0.1, 0.15) is 11.3 Å². The lowest BCUT2D eigenvalue weighted by Gasteiger charge is -2.10. The van der Waals surface area contributed by atoms with Crippen LogP contribution in [0.2, 0.25) is 0 Å². The van der Waals surface area contributed by atoms with E-state index in [4.69, 9.17) is 10.5 Å². The number of hydrogen-bond acceptors (Lipinski definition) is 4. The van der Waals surface area contributed by atoms with Crippen LogP contribution in [-0.2, 0) is 6.54 Å². The fraction of sp³-hybridized carbons (Fsp3) is 0.0667. The molecule has 0 radical (unpaired) electrons. The molecule has 3 aromatic rings. The molecule has 2 aromatic heterocycles. The van der Waals surface area contributed by atoms with Crippen molar-refractivity contribution in [1.29, 1.82) is 0 Å². The van der Waals surface area contributed by atoms with Gasteiger partial charge in [0.05, 0.1) is 6.20 Å². The van der Waals surface area contributed by atoms with Gasteiger partial charge in [-0.15, -0.1) is 0 Å². The first-order valence-electron chi connectivity index (χ1n) is 6.14. The van der Waals surface area contributed by atoms with Gasteiger partial charge in [0.2, 0.25) is 5.88 Å². The molecule has 0 spiro atoms. The van der Waals surface area contributed by atoms with Gasteiger partial charge in [-0.3, -0.25) is 4.98 Å². The van der Waals surface area contributed by atoms with E-state index in [9.17, 15) is 4.39 Å². The van der Waals surface area contributed by atoms with Crippen LogP contribution in [0.3, 0.4) is 0 Å². The van der Waals surface area contributed by atoms with Crippen molar-refractivity contribution in [3.05, 3.63) is 60.2 Å². The number of nitrogens with zero attached hydrogens (tertiary/aromatic N) is 2. The number of pyridine rings is 2. The molecule has 1 aromatic carbocycles. The molecule has 4 nitrogen and oxygen atoms in total. The molecule has 0 amide bonds. The van der Waals surface area contributed by atoms with Crippen LogP contribution in [0.15, 0.2) is 48.8 Å². The van der Waals surface area contributed by atoms with Crippen LogP contribution in [0.1, 0.15) is 5.56 Å². The third-order valence-corrected chi connectivity index (χ3v) is 2.91. The molecular weight excluding hydrogens is 257 g/mol. The summed E-state index contributed by atoms with van der Waals surface area (Å²) in [6.07, 6.45) is 2.80. The highest BCUT2D eigenvalue weighted by Gasteiger charge is 2.09. The molecule has 0 unspecified atom stereocenters. The number of para-hydroxylation sites is 1. The van der Waals surface area contributed by atoms with E-state index in [2.05, 4.69) is 9.97 Å². The average molecular weight is 269 g/mol. The number of benzene rings is 1. The van der Waals surface area contributed by atoms with Crippen molar-refractivity contribution in [2.45, 2.75) is 6.54 Å². The molecule has 2 heterocycles. The Morgan fingerprint density at radius 2 is 2.00 bits per heavy atom. The van der Waals surface area contributed by atoms with Crippen molar-refractivity contribution in [2.24, 2.45) is 5.73 Å². The highest BCUT2D eigenvalue weighted by atomic mass is 19.1. The van der Waals surface area contributed by atoms with Gasteiger partial charge in [-0.2, -0.15) is 0 Å². The predicted octanol–water partition coefficient (Wildman–Crippen LogP) is 3.02. The Morgan fingerprint density at radius 3 is 2.85 bits per heavy atom. The van der Waals surface area contributed by atoms with Crippen LogP contribution >= 0.6 is 0 Å². The average Bonchev–Trinajstić information content (AvgIpc) is 2.49. The van der Waals surface area contributed by atoms with Gasteiger partial charge < -0.3 is 10.5 Å². The van der Waals surface area contributed by atoms with Crippen LogP contribution in [0.25, 0.3) is 10.9 Å². The minimum Gasteiger partial charge on any atom is -0.436 e. The largest absolute Gasteiger partial charge is 0.436 e. The smallest absolute Gasteiger partial charge is 0.224 e. The van der Waals surface area contributed by atoms with Crippen LogP contribution in [0.4, 0.5) is 4.39 Å². The van der Waals surface area contributed by atoms with Gasteiger partial charge in [0.25, 0.3) is 0 Å². The molecule has 0 saturated carbocycles. The molecular formula is C15H12FN3O. The summed E-state index contributed by atoms with van der Waals surface area (Å²) in [5.41, 5.74) is 6.82. The van der Waals surface area contributed by atoms with Gasteiger partial charge in [0, 0.05) is 23.7 Å². The van der Waals surface area contributed by atoms with E-state index in [1.54, 1.807) is 12.3 Å². The number of rotatable bonds is 3. The molecule has 2 N–H and O–H groups in total. The Bertz CT molecular complexity index is 756. The lowest BCUT2D eigenvalue weighted by Crippen LogP contribution is -2.02.